The Labute approximate surface area is 131 Å². The summed E-state index contributed by atoms with van der Waals surface area (Å²) in [7, 11) is 1.96. The van der Waals surface area contributed by atoms with Crippen LogP contribution in [0.3, 0.4) is 0 Å². The largest absolute Gasteiger partial charge is 0.399 e. The summed E-state index contributed by atoms with van der Waals surface area (Å²) >= 11 is 9.66. The Morgan fingerprint density at radius 2 is 2.05 bits per heavy atom. The molecule has 0 saturated carbocycles. The normalized spacial score (nSPS) is 10.1. The van der Waals surface area contributed by atoms with Gasteiger partial charge in [-0.3, -0.25) is 0 Å². The van der Waals surface area contributed by atoms with Gasteiger partial charge in [0.25, 0.3) is 0 Å². The zero-order valence-electron chi connectivity index (χ0n) is 10.9. The van der Waals surface area contributed by atoms with E-state index in [4.69, 9.17) is 22.6 Å². The van der Waals surface area contributed by atoms with E-state index in [0.717, 1.165) is 15.7 Å². The average Bonchev–Trinajstić information content (AvgIpc) is 2.42. The summed E-state index contributed by atoms with van der Waals surface area (Å²) in [4.78, 5) is 2.05. The molecule has 0 radical (unpaired) electrons. The minimum Gasteiger partial charge on any atom is -0.399 e. The summed E-state index contributed by atoms with van der Waals surface area (Å²) < 4.78 is 0.874. The van der Waals surface area contributed by atoms with Crippen molar-refractivity contribution in [2.45, 2.75) is 6.54 Å². The predicted octanol–water partition coefficient (Wildman–Crippen LogP) is 4.19. The molecule has 0 aliphatic heterocycles. The molecule has 0 amide bonds. The Bertz CT molecular complexity index is 679. The molecule has 5 heteroatoms. The van der Waals surface area contributed by atoms with E-state index in [1.807, 2.05) is 24.1 Å². The van der Waals surface area contributed by atoms with Crippen LogP contribution in [0.1, 0.15) is 11.1 Å². The van der Waals surface area contributed by atoms with Gasteiger partial charge in [0.2, 0.25) is 0 Å². The summed E-state index contributed by atoms with van der Waals surface area (Å²) in [6.07, 6.45) is 0. The summed E-state index contributed by atoms with van der Waals surface area (Å²) in [6.45, 7) is 0.633. The number of nitrogen functional groups attached to an aromatic ring is 1. The van der Waals surface area contributed by atoms with Crippen LogP contribution in [-0.4, -0.2) is 7.05 Å². The first-order valence-electron chi connectivity index (χ1n) is 5.96. The molecular weight excluding hydrogens is 338 g/mol. The predicted molar refractivity (Wildman–Crippen MR) is 86.8 cm³/mol. The highest BCUT2D eigenvalue weighted by molar-refractivity contribution is 9.10. The van der Waals surface area contributed by atoms with E-state index in [-0.39, 0.29) is 0 Å². The molecule has 0 bridgehead atoms. The van der Waals surface area contributed by atoms with E-state index in [9.17, 15) is 0 Å². The highest BCUT2D eigenvalue weighted by atomic mass is 79.9. The monoisotopic (exact) mass is 349 g/mol. The molecule has 0 heterocycles. The topological polar surface area (TPSA) is 53.0 Å². The van der Waals surface area contributed by atoms with Crippen molar-refractivity contribution in [3.8, 4) is 6.07 Å². The molecule has 0 unspecified atom stereocenters. The molecule has 0 spiro atoms. The molecule has 0 aliphatic carbocycles. The number of halogens is 2. The second-order valence-corrected chi connectivity index (χ2v) is 5.75. The van der Waals surface area contributed by atoms with Gasteiger partial charge in [0.1, 0.15) is 0 Å². The fourth-order valence-corrected chi connectivity index (χ4v) is 2.80. The minimum atomic E-state index is 0.621. The molecule has 2 N–H and O–H groups in total. The van der Waals surface area contributed by atoms with Gasteiger partial charge in [0.15, 0.2) is 0 Å². The van der Waals surface area contributed by atoms with Gasteiger partial charge in [-0.2, -0.15) is 5.26 Å². The molecule has 102 valence electrons. The van der Waals surface area contributed by atoms with E-state index in [2.05, 4.69) is 22.0 Å². The third-order valence-corrected chi connectivity index (χ3v) is 3.97. The Hall–Kier alpha value is -1.70. The summed E-state index contributed by atoms with van der Waals surface area (Å²) in [5.74, 6) is 0. The van der Waals surface area contributed by atoms with Crippen molar-refractivity contribution in [3.05, 3.63) is 57.0 Å². The first-order chi connectivity index (χ1) is 9.51. The Morgan fingerprint density at radius 1 is 1.30 bits per heavy atom. The van der Waals surface area contributed by atoms with E-state index in [0.29, 0.717) is 22.8 Å². The molecule has 0 aromatic heterocycles. The van der Waals surface area contributed by atoms with Crippen molar-refractivity contribution in [1.29, 1.82) is 5.26 Å². The molecule has 0 fully saturated rings. The summed E-state index contributed by atoms with van der Waals surface area (Å²) in [5.41, 5.74) is 9.05. The van der Waals surface area contributed by atoms with Gasteiger partial charge in [0, 0.05) is 28.8 Å². The molecule has 2 rings (SSSR count). The molecule has 20 heavy (non-hydrogen) atoms. The number of rotatable bonds is 3. The first-order valence-corrected chi connectivity index (χ1v) is 7.13. The van der Waals surface area contributed by atoms with Crippen molar-refractivity contribution in [2.24, 2.45) is 0 Å². The van der Waals surface area contributed by atoms with Gasteiger partial charge >= 0.3 is 0 Å². The molecule has 0 aliphatic rings. The van der Waals surface area contributed by atoms with Crippen LogP contribution in [0.2, 0.25) is 5.02 Å². The van der Waals surface area contributed by atoms with Gasteiger partial charge in [-0.1, -0.05) is 11.6 Å². The Morgan fingerprint density at radius 3 is 2.70 bits per heavy atom. The van der Waals surface area contributed by atoms with Crippen LogP contribution < -0.4 is 10.6 Å². The molecule has 3 nitrogen and oxygen atoms in total. The van der Waals surface area contributed by atoms with Crippen LogP contribution >= 0.6 is 27.5 Å². The van der Waals surface area contributed by atoms with Crippen molar-refractivity contribution in [3.63, 3.8) is 0 Å². The number of benzene rings is 2. The standard InChI is InChI=1S/C15H13BrClN3/c1-20(9-11-7-12(19)3-4-14(11)17)15-5-2-10(8-18)6-13(15)16/h2-7H,9,19H2,1H3. The Kier molecular flexibility index (Phi) is 4.53. The van der Waals surface area contributed by atoms with Crippen LogP contribution in [0.15, 0.2) is 40.9 Å². The van der Waals surface area contributed by atoms with Crippen LogP contribution in [-0.2, 0) is 6.54 Å². The van der Waals surface area contributed by atoms with Gasteiger partial charge in [0.05, 0.1) is 17.3 Å². The van der Waals surface area contributed by atoms with E-state index >= 15 is 0 Å². The maximum atomic E-state index is 8.88. The third kappa shape index (κ3) is 3.24. The van der Waals surface area contributed by atoms with E-state index in [1.54, 1.807) is 24.3 Å². The maximum Gasteiger partial charge on any atom is 0.0992 e. The maximum absolute atomic E-state index is 8.88. The van der Waals surface area contributed by atoms with Crippen molar-refractivity contribution in [2.75, 3.05) is 17.7 Å². The van der Waals surface area contributed by atoms with Crippen molar-refractivity contribution < 1.29 is 0 Å². The van der Waals surface area contributed by atoms with Gasteiger partial charge in [-0.05, 0) is 57.9 Å². The smallest absolute Gasteiger partial charge is 0.0992 e. The second kappa shape index (κ2) is 6.17. The van der Waals surface area contributed by atoms with Crippen molar-refractivity contribution >= 4 is 38.9 Å². The van der Waals surface area contributed by atoms with Gasteiger partial charge < -0.3 is 10.6 Å². The second-order valence-electron chi connectivity index (χ2n) is 4.48. The zero-order valence-corrected chi connectivity index (χ0v) is 13.2. The molecule has 0 saturated heterocycles. The zero-order chi connectivity index (χ0) is 14.7. The number of anilines is 2. The van der Waals surface area contributed by atoms with Crippen LogP contribution in [0.25, 0.3) is 0 Å². The van der Waals surface area contributed by atoms with E-state index in [1.165, 1.54) is 0 Å². The lowest BCUT2D eigenvalue weighted by atomic mass is 10.1. The average molecular weight is 351 g/mol. The third-order valence-electron chi connectivity index (χ3n) is 2.97. The van der Waals surface area contributed by atoms with Gasteiger partial charge in [-0.25, -0.2) is 0 Å². The van der Waals surface area contributed by atoms with E-state index < -0.39 is 0 Å². The number of hydrogen-bond donors (Lipinski definition) is 1. The molecule has 0 atom stereocenters. The fraction of sp³-hybridized carbons (Fsp3) is 0.133. The fourth-order valence-electron chi connectivity index (χ4n) is 1.94. The summed E-state index contributed by atoms with van der Waals surface area (Å²) in [5, 5.41) is 9.57. The molecule has 2 aromatic carbocycles. The summed E-state index contributed by atoms with van der Waals surface area (Å²) in [6, 6.07) is 13.1. The van der Waals surface area contributed by atoms with Crippen LogP contribution in [0, 0.1) is 11.3 Å². The van der Waals surface area contributed by atoms with Gasteiger partial charge in [-0.15, -0.1) is 0 Å². The number of hydrogen-bond acceptors (Lipinski definition) is 3. The molecular formula is C15H13BrClN3. The lowest BCUT2D eigenvalue weighted by molar-refractivity contribution is 0.920. The SMILES string of the molecule is CN(Cc1cc(N)ccc1Cl)c1ccc(C#N)cc1Br. The first kappa shape index (κ1) is 14.7. The van der Waals surface area contributed by atoms with Crippen LogP contribution in [0.4, 0.5) is 11.4 Å². The highest BCUT2D eigenvalue weighted by Gasteiger charge is 2.09. The lowest BCUT2D eigenvalue weighted by Crippen LogP contribution is -2.17. The minimum absolute atomic E-state index is 0.621. The Balaban J connectivity index is 2.26. The quantitative estimate of drug-likeness (QED) is 0.844. The number of nitriles is 1. The highest BCUT2D eigenvalue weighted by Crippen LogP contribution is 2.29. The molecule has 2 aromatic rings. The number of nitrogens with zero attached hydrogens (tertiary/aromatic N) is 2. The van der Waals surface area contributed by atoms with Crippen LogP contribution in [0.5, 0.6) is 0 Å². The number of nitrogens with two attached hydrogens (primary N) is 1. The van der Waals surface area contributed by atoms with Crippen molar-refractivity contribution in [1.82, 2.24) is 0 Å². The lowest BCUT2D eigenvalue weighted by Gasteiger charge is -2.21.